The van der Waals surface area contributed by atoms with Crippen LogP contribution in [0.5, 0.6) is 5.75 Å². The fourth-order valence-electron chi connectivity index (χ4n) is 3.55. The van der Waals surface area contributed by atoms with Gasteiger partial charge >= 0.3 is 6.18 Å². The fraction of sp³-hybridized carbons (Fsp3) is 0.360. The van der Waals surface area contributed by atoms with Crippen LogP contribution >= 0.6 is 23.5 Å². The van der Waals surface area contributed by atoms with Crippen molar-refractivity contribution in [1.82, 2.24) is 20.1 Å². The first-order chi connectivity index (χ1) is 18.2. The highest BCUT2D eigenvalue weighted by Crippen LogP contribution is 2.31. The summed E-state index contributed by atoms with van der Waals surface area (Å²) in [6.45, 7) is 2.39. The van der Waals surface area contributed by atoms with Gasteiger partial charge in [0, 0.05) is 17.8 Å². The monoisotopic (exact) mass is 567 g/mol. The van der Waals surface area contributed by atoms with Crippen molar-refractivity contribution in [2.75, 3.05) is 30.2 Å². The molecule has 1 aromatic heterocycles. The average molecular weight is 568 g/mol. The molecule has 13 heteroatoms. The van der Waals surface area contributed by atoms with Gasteiger partial charge in [-0.3, -0.25) is 9.59 Å². The number of nitrogens with one attached hydrogen (secondary N) is 2. The van der Waals surface area contributed by atoms with E-state index in [1.54, 1.807) is 43.1 Å². The van der Waals surface area contributed by atoms with E-state index in [0.717, 1.165) is 29.6 Å². The van der Waals surface area contributed by atoms with E-state index in [1.165, 1.54) is 12.1 Å². The number of alkyl halides is 3. The lowest BCUT2D eigenvalue weighted by atomic mass is 10.1. The summed E-state index contributed by atoms with van der Waals surface area (Å²) in [5.41, 5.74) is -0.309. The number of nitrogens with zero attached hydrogens (tertiary/aromatic N) is 3. The van der Waals surface area contributed by atoms with Crippen molar-refractivity contribution >= 4 is 41.0 Å². The highest BCUT2D eigenvalue weighted by Gasteiger charge is 2.30. The summed E-state index contributed by atoms with van der Waals surface area (Å²) in [5, 5.41) is 14.5. The summed E-state index contributed by atoms with van der Waals surface area (Å²) >= 11 is 2.75. The smallest absolute Gasteiger partial charge is 0.416 e. The molecule has 0 unspecified atom stereocenters. The third-order valence-corrected chi connectivity index (χ3v) is 7.06. The van der Waals surface area contributed by atoms with Crippen molar-refractivity contribution in [2.45, 2.75) is 37.3 Å². The standard InChI is InChI=1S/C25H28F3N5O3S2/c1-4-33-22(20(12-13-37-3)30-23(35)16-8-10-19(36-2)11-9-16)31-32-24(33)38-15-21(34)29-18-7-5-6-17(14-18)25(26,27)28/h5-11,14,20H,4,12-13,15H2,1-3H3,(H,29,34)(H,30,35)/t20-/m1/s1. The van der Waals surface area contributed by atoms with Crippen molar-refractivity contribution in [1.29, 1.82) is 0 Å². The number of anilines is 1. The van der Waals surface area contributed by atoms with Gasteiger partial charge in [-0.1, -0.05) is 17.8 Å². The van der Waals surface area contributed by atoms with Crippen molar-refractivity contribution in [3.63, 3.8) is 0 Å². The molecule has 0 spiro atoms. The van der Waals surface area contributed by atoms with Gasteiger partial charge in [0.05, 0.1) is 24.5 Å². The third kappa shape index (κ3) is 7.90. The van der Waals surface area contributed by atoms with Gasteiger partial charge < -0.3 is 19.9 Å². The van der Waals surface area contributed by atoms with Gasteiger partial charge in [0.25, 0.3) is 5.91 Å². The Bertz CT molecular complexity index is 1240. The predicted octanol–water partition coefficient (Wildman–Crippen LogP) is 5.28. The topological polar surface area (TPSA) is 98.1 Å². The highest BCUT2D eigenvalue weighted by molar-refractivity contribution is 7.99. The Labute approximate surface area is 227 Å². The van der Waals surface area contributed by atoms with Crippen LogP contribution in [0.4, 0.5) is 18.9 Å². The van der Waals surface area contributed by atoms with E-state index in [1.807, 2.05) is 17.7 Å². The number of rotatable bonds is 12. The number of methoxy groups -OCH3 is 1. The number of aromatic nitrogens is 3. The van der Waals surface area contributed by atoms with Crippen molar-refractivity contribution in [3.8, 4) is 5.75 Å². The number of carbonyl (C=O) groups is 2. The molecule has 1 atom stereocenters. The molecule has 3 aromatic rings. The second-order valence-electron chi connectivity index (χ2n) is 8.04. The van der Waals surface area contributed by atoms with Crippen molar-refractivity contribution in [2.24, 2.45) is 0 Å². The third-order valence-electron chi connectivity index (χ3n) is 5.45. The number of thioether (sulfide) groups is 2. The van der Waals surface area contributed by atoms with E-state index in [4.69, 9.17) is 4.74 Å². The maximum Gasteiger partial charge on any atom is 0.416 e. The molecule has 2 aromatic carbocycles. The molecular weight excluding hydrogens is 539 g/mol. The van der Waals surface area contributed by atoms with E-state index in [9.17, 15) is 22.8 Å². The quantitative estimate of drug-likeness (QED) is 0.288. The largest absolute Gasteiger partial charge is 0.497 e. The minimum absolute atomic E-state index is 0.0569. The molecule has 204 valence electrons. The minimum Gasteiger partial charge on any atom is -0.497 e. The number of hydrogen-bond donors (Lipinski definition) is 2. The lowest BCUT2D eigenvalue weighted by Crippen LogP contribution is -2.31. The molecule has 0 fully saturated rings. The molecule has 1 heterocycles. The number of halogens is 3. The normalized spacial score (nSPS) is 12.2. The molecule has 0 aliphatic carbocycles. The van der Waals surface area contributed by atoms with Gasteiger partial charge in [-0.05, 0) is 67.8 Å². The van der Waals surface area contributed by atoms with Crippen LogP contribution in [0, 0.1) is 0 Å². The van der Waals surface area contributed by atoms with Crippen LogP contribution in [0.3, 0.4) is 0 Å². The van der Waals surface area contributed by atoms with Gasteiger partial charge in [0.2, 0.25) is 5.91 Å². The Kier molecular flexibility index (Phi) is 10.5. The zero-order chi connectivity index (χ0) is 27.7. The lowest BCUT2D eigenvalue weighted by Gasteiger charge is -2.19. The van der Waals surface area contributed by atoms with Gasteiger partial charge in [0.1, 0.15) is 5.75 Å². The molecule has 2 N–H and O–H groups in total. The Morgan fingerprint density at radius 2 is 1.87 bits per heavy atom. The molecule has 2 amide bonds. The molecule has 0 saturated carbocycles. The summed E-state index contributed by atoms with van der Waals surface area (Å²) in [6, 6.07) is 10.8. The van der Waals surface area contributed by atoms with E-state index in [2.05, 4.69) is 20.8 Å². The zero-order valence-corrected chi connectivity index (χ0v) is 22.7. The fourth-order valence-corrected chi connectivity index (χ4v) is 4.83. The molecule has 0 bridgehead atoms. The van der Waals surface area contributed by atoms with Crippen LogP contribution < -0.4 is 15.4 Å². The molecule has 0 saturated heterocycles. The van der Waals surface area contributed by atoms with Crippen molar-refractivity contribution in [3.05, 3.63) is 65.5 Å². The van der Waals surface area contributed by atoms with Crippen LogP contribution in [-0.4, -0.2) is 51.5 Å². The predicted molar refractivity (Wildman–Crippen MR) is 143 cm³/mol. The maximum absolute atomic E-state index is 12.9. The first-order valence-corrected chi connectivity index (χ1v) is 14.0. The summed E-state index contributed by atoms with van der Waals surface area (Å²) in [4.78, 5) is 25.4. The average Bonchev–Trinajstić information content (AvgIpc) is 3.32. The summed E-state index contributed by atoms with van der Waals surface area (Å²) in [5.74, 6) is 1.15. The molecule has 3 rings (SSSR count). The zero-order valence-electron chi connectivity index (χ0n) is 21.0. The van der Waals surface area contributed by atoms with E-state index in [-0.39, 0.29) is 17.3 Å². The Balaban J connectivity index is 1.70. The van der Waals surface area contributed by atoms with Crippen molar-refractivity contribution < 1.29 is 27.5 Å². The number of benzene rings is 2. The van der Waals surface area contributed by atoms with E-state index < -0.39 is 23.7 Å². The van der Waals surface area contributed by atoms with E-state index in [0.29, 0.717) is 35.3 Å². The maximum atomic E-state index is 12.9. The second kappa shape index (κ2) is 13.6. The second-order valence-corrected chi connectivity index (χ2v) is 9.96. The van der Waals surface area contributed by atoms with Crippen LogP contribution in [0.1, 0.15) is 41.1 Å². The summed E-state index contributed by atoms with van der Waals surface area (Å²) in [7, 11) is 1.55. The molecule has 8 nitrogen and oxygen atoms in total. The summed E-state index contributed by atoms with van der Waals surface area (Å²) < 4.78 is 45.8. The van der Waals surface area contributed by atoms with E-state index >= 15 is 0 Å². The first-order valence-electron chi connectivity index (χ1n) is 11.6. The van der Waals surface area contributed by atoms with Crippen LogP contribution in [0.15, 0.2) is 53.7 Å². The van der Waals surface area contributed by atoms with Gasteiger partial charge in [0.15, 0.2) is 11.0 Å². The van der Waals surface area contributed by atoms with Gasteiger partial charge in [-0.2, -0.15) is 24.9 Å². The van der Waals surface area contributed by atoms with Gasteiger partial charge in [-0.25, -0.2) is 0 Å². The Morgan fingerprint density at radius 1 is 1.13 bits per heavy atom. The molecule has 38 heavy (non-hydrogen) atoms. The first kappa shape index (κ1) is 29.4. The minimum atomic E-state index is -4.50. The number of hydrogen-bond acceptors (Lipinski definition) is 7. The van der Waals surface area contributed by atoms with Gasteiger partial charge in [-0.15, -0.1) is 10.2 Å². The number of amides is 2. The van der Waals surface area contributed by atoms with Crippen LogP contribution in [0.2, 0.25) is 0 Å². The molecule has 0 radical (unpaired) electrons. The van der Waals surface area contributed by atoms with Crippen LogP contribution in [0.25, 0.3) is 0 Å². The van der Waals surface area contributed by atoms with Crippen LogP contribution in [-0.2, 0) is 17.5 Å². The number of carbonyl (C=O) groups excluding carboxylic acids is 2. The highest BCUT2D eigenvalue weighted by atomic mass is 32.2. The summed E-state index contributed by atoms with van der Waals surface area (Å²) in [6.07, 6.45) is -1.92. The molecule has 0 aliphatic heterocycles. The SMILES string of the molecule is CCn1c(SCC(=O)Nc2cccc(C(F)(F)F)c2)nnc1[C@@H](CCSC)NC(=O)c1ccc(OC)cc1. The molecule has 0 aliphatic rings. The lowest BCUT2D eigenvalue weighted by molar-refractivity contribution is -0.137. The number of ether oxygens (including phenoxy) is 1. The Morgan fingerprint density at radius 3 is 2.50 bits per heavy atom. The Hall–Kier alpha value is -3.19. The molecular formula is C25H28F3N5O3S2.